The molecule has 1 saturated heterocycles. The van der Waals surface area contributed by atoms with Gasteiger partial charge in [0.1, 0.15) is 0 Å². The lowest BCUT2D eigenvalue weighted by Crippen LogP contribution is -2.24. The van der Waals surface area contributed by atoms with Crippen LogP contribution in [0.5, 0.6) is 0 Å². The second kappa shape index (κ2) is 29.3. The van der Waals surface area contributed by atoms with Crippen LogP contribution in [0, 0.1) is 0 Å². The monoisotopic (exact) mass is 534 g/mol. The highest BCUT2D eigenvalue weighted by Gasteiger charge is 2.12. The quantitative estimate of drug-likeness (QED) is 0.0542. The lowest BCUT2D eigenvalue weighted by Gasteiger charge is -2.20. The van der Waals surface area contributed by atoms with E-state index in [1.165, 1.54) is 148 Å². The van der Waals surface area contributed by atoms with Gasteiger partial charge in [-0.15, -0.1) is 0 Å². The van der Waals surface area contributed by atoms with Crippen molar-refractivity contribution in [2.24, 2.45) is 0 Å². The van der Waals surface area contributed by atoms with Crippen LogP contribution in [0.4, 0.5) is 0 Å². The highest BCUT2D eigenvalue weighted by molar-refractivity contribution is 4.92. The third-order valence-electron chi connectivity index (χ3n) is 7.81. The van der Waals surface area contributed by atoms with Crippen LogP contribution in [0.2, 0.25) is 0 Å². The van der Waals surface area contributed by atoms with Crippen molar-refractivity contribution in [3.8, 4) is 0 Å². The topological polar surface area (TPSA) is 21.7 Å². The molecule has 3 nitrogen and oxygen atoms in total. The number of hydrogen-bond donors (Lipinski definition) is 0. The molecule has 1 rings (SSSR count). The number of nitrogens with zero attached hydrogens (tertiary/aromatic N) is 1. The van der Waals surface area contributed by atoms with Gasteiger partial charge in [0.25, 0.3) is 0 Å². The summed E-state index contributed by atoms with van der Waals surface area (Å²) in [6.45, 7) is 10.0. The van der Waals surface area contributed by atoms with E-state index < -0.39 is 0 Å². The molecule has 0 aromatic heterocycles. The Bertz CT molecular complexity index is 512. The zero-order valence-corrected chi connectivity index (χ0v) is 25.9. The van der Waals surface area contributed by atoms with E-state index in [1.807, 2.05) is 0 Å². The maximum Gasteiger partial charge on any atom is 0.157 e. The Morgan fingerprint density at radius 1 is 0.553 bits per heavy atom. The molecule has 38 heavy (non-hydrogen) atoms. The minimum absolute atomic E-state index is 0.0159. The maximum atomic E-state index is 6.22. The highest BCUT2D eigenvalue weighted by atomic mass is 16.7. The molecular weight excluding hydrogens is 466 g/mol. The average Bonchev–Trinajstić information content (AvgIpc) is 3.45. The molecule has 0 saturated carbocycles. The molecule has 1 unspecified atom stereocenters. The van der Waals surface area contributed by atoms with E-state index >= 15 is 0 Å². The van der Waals surface area contributed by atoms with Crippen LogP contribution < -0.4 is 0 Å². The van der Waals surface area contributed by atoms with Crippen molar-refractivity contribution in [3.63, 3.8) is 0 Å². The molecule has 0 spiro atoms. The van der Waals surface area contributed by atoms with Crippen molar-refractivity contribution in [3.05, 3.63) is 24.3 Å². The molecule has 3 heteroatoms. The van der Waals surface area contributed by atoms with E-state index in [-0.39, 0.29) is 6.29 Å². The van der Waals surface area contributed by atoms with Crippen LogP contribution in [-0.4, -0.2) is 44.0 Å². The van der Waals surface area contributed by atoms with Crippen LogP contribution >= 0.6 is 0 Å². The van der Waals surface area contributed by atoms with Gasteiger partial charge in [0.2, 0.25) is 0 Å². The summed E-state index contributed by atoms with van der Waals surface area (Å²) >= 11 is 0. The van der Waals surface area contributed by atoms with E-state index in [0.29, 0.717) is 0 Å². The smallest absolute Gasteiger partial charge is 0.157 e. The minimum Gasteiger partial charge on any atom is -0.353 e. The van der Waals surface area contributed by atoms with Crippen molar-refractivity contribution >= 4 is 0 Å². The minimum atomic E-state index is 0.0159. The summed E-state index contributed by atoms with van der Waals surface area (Å²) in [5, 5.41) is 0. The fourth-order valence-electron chi connectivity index (χ4n) is 5.30. The Labute approximate surface area is 239 Å². The third-order valence-corrected chi connectivity index (χ3v) is 7.81. The van der Waals surface area contributed by atoms with Crippen molar-refractivity contribution in [1.82, 2.24) is 4.90 Å². The number of hydrogen-bond acceptors (Lipinski definition) is 3. The summed E-state index contributed by atoms with van der Waals surface area (Å²) in [6.07, 6.45) is 39.3. The molecule has 1 heterocycles. The van der Waals surface area contributed by atoms with E-state index in [0.717, 1.165) is 32.5 Å². The van der Waals surface area contributed by atoms with Gasteiger partial charge in [0, 0.05) is 13.2 Å². The number of ether oxygens (including phenoxy) is 2. The zero-order valence-electron chi connectivity index (χ0n) is 25.9. The van der Waals surface area contributed by atoms with Crippen molar-refractivity contribution in [1.29, 1.82) is 0 Å². The van der Waals surface area contributed by atoms with Crippen molar-refractivity contribution in [2.45, 2.75) is 168 Å². The molecule has 1 atom stereocenters. The Balaban J connectivity index is 2.01. The largest absolute Gasteiger partial charge is 0.353 e. The lowest BCUT2D eigenvalue weighted by molar-refractivity contribution is -0.148. The molecular formula is C35H67NO2. The van der Waals surface area contributed by atoms with Crippen LogP contribution in [0.15, 0.2) is 24.3 Å². The second-order valence-corrected chi connectivity index (χ2v) is 11.6. The molecule has 0 aromatic carbocycles. The van der Waals surface area contributed by atoms with Crippen molar-refractivity contribution in [2.75, 3.05) is 32.8 Å². The molecule has 0 aliphatic carbocycles. The summed E-state index contributed by atoms with van der Waals surface area (Å²) in [5.41, 5.74) is 0. The predicted molar refractivity (Wildman–Crippen MR) is 168 cm³/mol. The summed E-state index contributed by atoms with van der Waals surface area (Å²) in [7, 11) is 0. The molecule has 1 fully saturated rings. The predicted octanol–water partition coefficient (Wildman–Crippen LogP) is 10.8. The Morgan fingerprint density at radius 2 is 1.05 bits per heavy atom. The first-order chi connectivity index (χ1) is 18.9. The first-order valence-electron chi connectivity index (χ1n) is 17.1. The molecule has 0 bridgehead atoms. The van der Waals surface area contributed by atoms with Gasteiger partial charge in [-0.1, -0.05) is 115 Å². The van der Waals surface area contributed by atoms with Crippen LogP contribution in [0.3, 0.4) is 0 Å². The van der Waals surface area contributed by atoms with Gasteiger partial charge in [0.05, 0.1) is 6.61 Å². The summed E-state index contributed by atoms with van der Waals surface area (Å²) in [5.74, 6) is 0. The summed E-state index contributed by atoms with van der Waals surface area (Å²) in [4.78, 5) is 2.58. The van der Waals surface area contributed by atoms with Gasteiger partial charge in [-0.3, -0.25) is 0 Å². The number of likely N-dealkylation sites (tertiary alicyclic amines) is 1. The average molecular weight is 534 g/mol. The Kier molecular flexibility index (Phi) is 27.3. The molecule has 0 N–H and O–H groups in total. The fraction of sp³-hybridized carbons (Fsp3) is 0.886. The number of allylic oxidation sites excluding steroid dienone is 4. The summed E-state index contributed by atoms with van der Waals surface area (Å²) < 4.78 is 12.4. The van der Waals surface area contributed by atoms with Gasteiger partial charge in [-0.25, -0.2) is 0 Å². The highest BCUT2D eigenvalue weighted by Crippen LogP contribution is 2.15. The standard InChI is InChI=1S/C35H67NO2/c1-3-5-7-9-11-12-13-14-15-16-17-18-19-20-21-22-24-29-35(37-33-27-23-10-8-6-4-2)38-34-28-32-36-30-25-26-31-36/h11-12,14-15,35H,3-10,13,16-34H2,1-2H3. The fourth-order valence-corrected chi connectivity index (χ4v) is 5.30. The first kappa shape index (κ1) is 35.4. The zero-order chi connectivity index (χ0) is 27.2. The molecule has 1 aliphatic heterocycles. The molecule has 0 radical (unpaired) electrons. The van der Waals surface area contributed by atoms with Gasteiger partial charge < -0.3 is 14.4 Å². The maximum absolute atomic E-state index is 6.22. The molecule has 0 amide bonds. The SMILES string of the molecule is CCCCCC=CCC=CCCCCCCCCCC(OCCCCCCCC)OCCCN1CCCC1. The second-order valence-electron chi connectivity index (χ2n) is 11.6. The van der Waals surface area contributed by atoms with E-state index in [9.17, 15) is 0 Å². The lowest BCUT2D eigenvalue weighted by atomic mass is 10.1. The van der Waals surface area contributed by atoms with Gasteiger partial charge in [-0.2, -0.15) is 0 Å². The van der Waals surface area contributed by atoms with Crippen molar-refractivity contribution < 1.29 is 9.47 Å². The van der Waals surface area contributed by atoms with Crippen LogP contribution in [0.25, 0.3) is 0 Å². The van der Waals surface area contributed by atoms with E-state index in [2.05, 4.69) is 43.1 Å². The third kappa shape index (κ3) is 24.4. The van der Waals surface area contributed by atoms with E-state index in [4.69, 9.17) is 9.47 Å². The Hall–Kier alpha value is -0.640. The van der Waals surface area contributed by atoms with Crippen LogP contribution in [0.1, 0.15) is 162 Å². The Morgan fingerprint density at radius 3 is 1.71 bits per heavy atom. The van der Waals surface area contributed by atoms with Gasteiger partial charge in [0.15, 0.2) is 6.29 Å². The number of unbranched alkanes of at least 4 members (excludes halogenated alkanes) is 15. The normalized spacial score (nSPS) is 15.4. The molecule has 0 aromatic rings. The molecule has 1 aliphatic rings. The van der Waals surface area contributed by atoms with Gasteiger partial charge in [-0.05, 0) is 83.7 Å². The molecule has 224 valence electrons. The summed E-state index contributed by atoms with van der Waals surface area (Å²) in [6, 6.07) is 0. The first-order valence-corrected chi connectivity index (χ1v) is 17.1. The number of rotatable bonds is 29. The van der Waals surface area contributed by atoms with Gasteiger partial charge >= 0.3 is 0 Å². The van der Waals surface area contributed by atoms with E-state index in [1.54, 1.807) is 0 Å². The van der Waals surface area contributed by atoms with Crippen LogP contribution in [-0.2, 0) is 9.47 Å².